The number of aromatic nitrogens is 2. The molecule has 1 unspecified atom stereocenters. The van der Waals surface area contributed by atoms with Crippen molar-refractivity contribution < 1.29 is 13.7 Å². The van der Waals surface area contributed by atoms with E-state index in [9.17, 15) is 8.94 Å². The van der Waals surface area contributed by atoms with E-state index in [0.717, 1.165) is 41.4 Å². The summed E-state index contributed by atoms with van der Waals surface area (Å²) in [6.07, 6.45) is 5.83. The Morgan fingerprint density at radius 3 is 2.54 bits per heavy atom. The number of unbranched alkanes of at least 4 members (excludes halogenated alkanes) is 3. The number of nitrogens with zero attached hydrogens (tertiary/aromatic N) is 2. The Labute approximate surface area is 209 Å². The lowest BCUT2D eigenvalue weighted by atomic mass is 10.0. The van der Waals surface area contributed by atoms with Crippen LogP contribution >= 0.6 is 0 Å². The van der Waals surface area contributed by atoms with E-state index in [1.54, 1.807) is 23.0 Å². The van der Waals surface area contributed by atoms with Crippen LogP contribution in [0.5, 0.6) is 5.75 Å². The van der Waals surface area contributed by atoms with Gasteiger partial charge in [-0.15, -0.1) is 4.72 Å². The molecule has 0 aliphatic carbocycles. The molecule has 0 amide bonds. The maximum Gasteiger partial charge on any atom is 0.143 e. The first-order valence-electron chi connectivity index (χ1n) is 12.1. The van der Waals surface area contributed by atoms with Crippen molar-refractivity contribution in [3.63, 3.8) is 0 Å². The van der Waals surface area contributed by atoms with Crippen LogP contribution in [-0.4, -0.2) is 26.1 Å². The molecule has 3 atom stereocenters. The van der Waals surface area contributed by atoms with Gasteiger partial charge in [-0.05, 0) is 67.8 Å². The molecule has 0 fully saturated rings. The topological polar surface area (TPSA) is 62.1 Å². The zero-order valence-corrected chi connectivity index (χ0v) is 21.0. The van der Waals surface area contributed by atoms with Crippen LogP contribution in [0.1, 0.15) is 51.2 Å². The highest BCUT2D eigenvalue weighted by Gasteiger charge is 2.25. The van der Waals surface area contributed by atoms with Crippen LogP contribution in [0.2, 0.25) is 0 Å². The number of hydrogen-bond acceptors (Lipinski definition) is 4. The summed E-state index contributed by atoms with van der Waals surface area (Å²) in [4.78, 5) is 0. The van der Waals surface area contributed by atoms with Crippen LogP contribution in [0.3, 0.4) is 0 Å². The third kappa shape index (κ3) is 6.63. The Hall–Kier alpha value is -2.87. The summed E-state index contributed by atoms with van der Waals surface area (Å²) in [5, 5.41) is 5.39. The van der Waals surface area contributed by atoms with Crippen LogP contribution in [0, 0.1) is 5.82 Å². The molecule has 3 aromatic carbocycles. The van der Waals surface area contributed by atoms with Gasteiger partial charge in [0, 0.05) is 16.7 Å². The van der Waals surface area contributed by atoms with Gasteiger partial charge in [0.25, 0.3) is 0 Å². The second kappa shape index (κ2) is 12.2. The van der Waals surface area contributed by atoms with E-state index in [-0.39, 0.29) is 18.0 Å². The Morgan fingerprint density at radius 1 is 1.03 bits per heavy atom. The molecule has 1 heterocycles. The average Bonchev–Trinajstić information content (AvgIpc) is 3.29. The second-order valence-corrected chi connectivity index (χ2v) is 10.1. The fraction of sp³-hybridized carbons (Fsp3) is 0.321. The molecule has 35 heavy (non-hydrogen) atoms. The van der Waals surface area contributed by atoms with E-state index in [2.05, 4.69) is 16.7 Å². The number of rotatable bonds is 12. The highest BCUT2D eigenvalue weighted by molar-refractivity contribution is 7.89. The summed E-state index contributed by atoms with van der Waals surface area (Å²) in [6, 6.07) is 21.9. The molecule has 4 aromatic rings. The molecule has 1 aromatic heterocycles. The second-order valence-electron chi connectivity index (χ2n) is 8.72. The molecular weight excluding hydrogens is 461 g/mol. The van der Waals surface area contributed by atoms with Gasteiger partial charge in [-0.25, -0.2) is 9.07 Å². The van der Waals surface area contributed by atoms with Gasteiger partial charge in [-0.1, -0.05) is 50.1 Å². The van der Waals surface area contributed by atoms with Crippen LogP contribution in [0.4, 0.5) is 4.39 Å². The Bertz CT molecular complexity index is 1200. The minimum atomic E-state index is -1.12. The Morgan fingerprint density at radius 2 is 1.80 bits per heavy atom. The van der Waals surface area contributed by atoms with Gasteiger partial charge in [0.05, 0.1) is 23.4 Å². The summed E-state index contributed by atoms with van der Waals surface area (Å²) >= 11 is -1.12. The maximum absolute atomic E-state index is 13.3. The average molecular weight is 494 g/mol. The van der Waals surface area contributed by atoms with E-state index in [0.29, 0.717) is 11.5 Å². The molecular formula is C28H32FN3O2S. The first kappa shape index (κ1) is 25.2. The smallest absolute Gasteiger partial charge is 0.143 e. The third-order valence-corrected chi connectivity index (χ3v) is 7.25. The van der Waals surface area contributed by atoms with Crippen LogP contribution in [-0.2, 0) is 11.4 Å². The maximum atomic E-state index is 13.3. The normalized spacial score (nSPS) is 14.1. The van der Waals surface area contributed by atoms with Crippen molar-refractivity contribution in [2.45, 2.75) is 51.7 Å². The monoisotopic (exact) mass is 493 g/mol. The number of halogens is 1. The summed E-state index contributed by atoms with van der Waals surface area (Å²) in [5.41, 5.74) is 2.70. The molecule has 0 saturated heterocycles. The first-order valence-corrected chi connectivity index (χ1v) is 13.5. The van der Waals surface area contributed by atoms with Crippen molar-refractivity contribution in [3.8, 4) is 11.4 Å². The van der Waals surface area contributed by atoms with E-state index < -0.39 is 11.4 Å². The zero-order valence-electron chi connectivity index (χ0n) is 20.2. The van der Waals surface area contributed by atoms with Crippen molar-refractivity contribution in [2.24, 2.45) is 0 Å². The lowest BCUT2D eigenvalue weighted by Crippen LogP contribution is -2.40. The van der Waals surface area contributed by atoms with Crippen LogP contribution in [0.15, 0.2) is 79.0 Å². The van der Waals surface area contributed by atoms with Gasteiger partial charge < -0.3 is 9.29 Å². The Balaban J connectivity index is 1.51. The van der Waals surface area contributed by atoms with E-state index in [4.69, 9.17) is 4.74 Å². The fourth-order valence-electron chi connectivity index (χ4n) is 4.11. The van der Waals surface area contributed by atoms with E-state index in [1.807, 2.05) is 55.5 Å². The Kier molecular flexibility index (Phi) is 8.79. The van der Waals surface area contributed by atoms with Crippen LogP contribution < -0.4 is 9.46 Å². The molecule has 0 radical (unpaired) electrons. The number of hydrogen-bond donors (Lipinski definition) is 1. The van der Waals surface area contributed by atoms with E-state index >= 15 is 0 Å². The van der Waals surface area contributed by atoms with Gasteiger partial charge in [-0.2, -0.15) is 5.10 Å². The molecule has 0 spiro atoms. The quantitative estimate of drug-likeness (QED) is 0.181. The number of ether oxygens (including phenoxy) is 1. The van der Waals surface area contributed by atoms with Gasteiger partial charge >= 0.3 is 0 Å². The molecule has 7 heteroatoms. The van der Waals surface area contributed by atoms with Crippen molar-refractivity contribution >= 4 is 22.3 Å². The van der Waals surface area contributed by atoms with Gasteiger partial charge in [0.1, 0.15) is 23.4 Å². The SMILES string of the molecule is CCCCCC[S+]([O-])N[C@@H](C)[C@H](Oc1ccc2c(cnn2-c2ccc(F)cc2)c1)c1ccccc1. The minimum Gasteiger partial charge on any atom is -0.598 e. The molecule has 5 nitrogen and oxygen atoms in total. The van der Waals surface area contributed by atoms with Crippen molar-refractivity contribution in [3.05, 3.63) is 90.4 Å². The molecule has 4 rings (SSSR count). The highest BCUT2D eigenvalue weighted by atomic mass is 32.2. The summed E-state index contributed by atoms with van der Waals surface area (Å²) in [6.45, 7) is 4.18. The van der Waals surface area contributed by atoms with Gasteiger partial charge in [0.2, 0.25) is 0 Å². The largest absolute Gasteiger partial charge is 0.598 e. The van der Waals surface area contributed by atoms with Gasteiger partial charge in [0.15, 0.2) is 0 Å². The minimum absolute atomic E-state index is 0.165. The van der Waals surface area contributed by atoms with Gasteiger partial charge in [-0.3, -0.25) is 0 Å². The van der Waals surface area contributed by atoms with Crippen molar-refractivity contribution in [2.75, 3.05) is 5.75 Å². The molecule has 184 valence electrons. The van der Waals surface area contributed by atoms with Crippen molar-refractivity contribution in [1.29, 1.82) is 0 Å². The van der Waals surface area contributed by atoms with E-state index in [1.165, 1.54) is 18.6 Å². The first-order chi connectivity index (χ1) is 17.0. The van der Waals surface area contributed by atoms with Crippen molar-refractivity contribution in [1.82, 2.24) is 14.5 Å². The number of nitrogens with one attached hydrogen (secondary N) is 1. The standard InChI is InChI=1S/C28H32FN3O2S/c1-3-4-5-9-18-35(33)31-21(2)28(22-10-7-6-8-11-22)34-26-16-17-27-23(19-26)20-30-32(27)25-14-12-24(29)13-15-25/h6-8,10-17,19-21,28,31H,3-5,9,18H2,1-2H3/t21-,28-,35?/m0/s1. The molecule has 0 aliphatic rings. The number of benzene rings is 3. The fourth-order valence-corrected chi connectivity index (χ4v) is 5.23. The number of fused-ring (bicyclic) bond motifs is 1. The third-order valence-electron chi connectivity index (χ3n) is 5.96. The highest BCUT2D eigenvalue weighted by Crippen LogP contribution is 2.29. The summed E-state index contributed by atoms with van der Waals surface area (Å²) in [7, 11) is 0. The predicted octanol–water partition coefficient (Wildman–Crippen LogP) is 6.51. The summed E-state index contributed by atoms with van der Waals surface area (Å²) in [5.74, 6) is 1.06. The molecule has 0 aliphatic heterocycles. The lowest BCUT2D eigenvalue weighted by molar-refractivity contribution is 0.173. The zero-order chi connectivity index (χ0) is 24.6. The molecule has 0 saturated carbocycles. The molecule has 1 N–H and O–H groups in total. The predicted molar refractivity (Wildman–Crippen MR) is 141 cm³/mol. The van der Waals surface area contributed by atoms with Crippen LogP contribution in [0.25, 0.3) is 16.6 Å². The summed E-state index contributed by atoms with van der Waals surface area (Å²) < 4.78 is 37.5. The lowest BCUT2D eigenvalue weighted by Gasteiger charge is -2.27. The molecule has 0 bridgehead atoms.